The van der Waals surface area contributed by atoms with Crippen molar-refractivity contribution < 1.29 is 9.53 Å². The fraction of sp³-hybridized carbons (Fsp3) is 0.0800. The molecule has 0 spiro atoms. The molecule has 4 aromatic rings. The summed E-state index contributed by atoms with van der Waals surface area (Å²) in [6.07, 6.45) is 1.74. The van der Waals surface area contributed by atoms with Gasteiger partial charge in [-0.15, -0.1) is 0 Å². The van der Waals surface area contributed by atoms with Crippen molar-refractivity contribution in [3.05, 3.63) is 102 Å². The second-order valence-electron chi connectivity index (χ2n) is 6.95. The van der Waals surface area contributed by atoms with Crippen LogP contribution in [0, 0.1) is 11.3 Å². The highest BCUT2D eigenvalue weighted by Crippen LogP contribution is 2.27. The van der Waals surface area contributed by atoms with Crippen LogP contribution in [0.1, 0.15) is 21.5 Å². The molecule has 0 saturated heterocycles. The molecule has 0 aliphatic carbocycles. The summed E-state index contributed by atoms with van der Waals surface area (Å²) in [5.74, 6) is 0.385. The van der Waals surface area contributed by atoms with Crippen LogP contribution in [-0.4, -0.2) is 22.8 Å². The number of rotatable bonds is 6. The highest BCUT2D eigenvalue weighted by atomic mass is 16.5. The molecule has 31 heavy (non-hydrogen) atoms. The molecule has 0 atom stereocenters. The number of carbonyl (C=O) groups excluding carboxylic acids is 1. The van der Waals surface area contributed by atoms with Gasteiger partial charge in [-0.05, 0) is 35.9 Å². The van der Waals surface area contributed by atoms with E-state index in [2.05, 4.69) is 11.4 Å². The van der Waals surface area contributed by atoms with E-state index in [1.165, 1.54) is 0 Å². The monoisotopic (exact) mass is 408 g/mol. The van der Waals surface area contributed by atoms with Crippen molar-refractivity contribution in [1.82, 2.24) is 9.78 Å². The number of carbonyl (C=O) groups is 1. The quantitative estimate of drug-likeness (QED) is 0.500. The Morgan fingerprint density at radius 2 is 1.87 bits per heavy atom. The number of hydrogen-bond donors (Lipinski definition) is 1. The molecule has 0 aliphatic heterocycles. The van der Waals surface area contributed by atoms with E-state index < -0.39 is 0 Å². The van der Waals surface area contributed by atoms with Crippen molar-refractivity contribution in [3.8, 4) is 23.1 Å². The number of nitrogens with one attached hydrogen (secondary N) is 1. The predicted molar refractivity (Wildman–Crippen MR) is 119 cm³/mol. The van der Waals surface area contributed by atoms with Gasteiger partial charge in [-0.1, -0.05) is 48.5 Å². The standard InChI is InChI=1S/C25H20N4O2/c1-31-22-12-6-10-20(14-22)24-23(17-29(28-24)16-18-7-3-2-4-8-18)25(30)27-21-11-5-9-19(13-21)15-26/h2-14,17H,16H2,1H3,(H,27,30). The molecule has 1 amide bonds. The highest BCUT2D eigenvalue weighted by Gasteiger charge is 2.19. The lowest BCUT2D eigenvalue weighted by atomic mass is 10.1. The number of nitrogens with zero attached hydrogens (tertiary/aromatic N) is 3. The van der Waals surface area contributed by atoms with Gasteiger partial charge in [-0.3, -0.25) is 9.48 Å². The maximum Gasteiger partial charge on any atom is 0.259 e. The maximum atomic E-state index is 13.1. The molecule has 0 fully saturated rings. The van der Waals surface area contributed by atoms with E-state index in [-0.39, 0.29) is 5.91 Å². The zero-order chi connectivity index (χ0) is 21.6. The first-order valence-electron chi connectivity index (χ1n) is 9.73. The highest BCUT2D eigenvalue weighted by molar-refractivity contribution is 6.08. The van der Waals surface area contributed by atoms with E-state index in [0.29, 0.717) is 34.8 Å². The number of hydrogen-bond acceptors (Lipinski definition) is 4. The molecule has 0 aliphatic rings. The normalized spacial score (nSPS) is 10.3. The number of aromatic nitrogens is 2. The first kappa shape index (κ1) is 19.9. The topological polar surface area (TPSA) is 79.9 Å². The van der Waals surface area contributed by atoms with Gasteiger partial charge in [-0.2, -0.15) is 10.4 Å². The van der Waals surface area contributed by atoms with Crippen LogP contribution in [0.3, 0.4) is 0 Å². The van der Waals surface area contributed by atoms with Crippen LogP contribution in [0.2, 0.25) is 0 Å². The van der Waals surface area contributed by atoms with Gasteiger partial charge in [0, 0.05) is 17.4 Å². The van der Waals surface area contributed by atoms with Crippen molar-refractivity contribution in [2.75, 3.05) is 12.4 Å². The van der Waals surface area contributed by atoms with E-state index in [0.717, 1.165) is 11.1 Å². The summed E-state index contributed by atoms with van der Waals surface area (Å²) >= 11 is 0. The van der Waals surface area contributed by atoms with Crippen molar-refractivity contribution in [3.63, 3.8) is 0 Å². The minimum Gasteiger partial charge on any atom is -0.497 e. The number of anilines is 1. The first-order valence-corrected chi connectivity index (χ1v) is 9.73. The summed E-state index contributed by atoms with van der Waals surface area (Å²) < 4.78 is 7.09. The lowest BCUT2D eigenvalue weighted by molar-refractivity contribution is 0.102. The second kappa shape index (κ2) is 8.97. The molecule has 0 radical (unpaired) electrons. The van der Waals surface area contributed by atoms with Crippen LogP contribution >= 0.6 is 0 Å². The number of amides is 1. The Balaban J connectivity index is 1.71. The van der Waals surface area contributed by atoms with E-state index in [4.69, 9.17) is 15.1 Å². The lowest BCUT2D eigenvalue weighted by Crippen LogP contribution is -2.12. The van der Waals surface area contributed by atoms with Gasteiger partial charge in [-0.25, -0.2) is 0 Å². The summed E-state index contributed by atoms with van der Waals surface area (Å²) in [4.78, 5) is 13.1. The van der Waals surface area contributed by atoms with E-state index >= 15 is 0 Å². The molecule has 6 heteroatoms. The Hall–Kier alpha value is -4.37. The fourth-order valence-corrected chi connectivity index (χ4v) is 3.29. The lowest BCUT2D eigenvalue weighted by Gasteiger charge is -2.07. The molecule has 4 rings (SSSR count). The largest absolute Gasteiger partial charge is 0.497 e. The molecule has 0 bridgehead atoms. The Morgan fingerprint density at radius 1 is 1.06 bits per heavy atom. The molecule has 6 nitrogen and oxygen atoms in total. The Labute approximate surface area is 180 Å². The summed E-state index contributed by atoms with van der Waals surface area (Å²) in [6, 6.07) is 26.3. The third kappa shape index (κ3) is 4.62. The maximum absolute atomic E-state index is 13.1. The second-order valence-corrected chi connectivity index (χ2v) is 6.95. The van der Waals surface area contributed by atoms with Gasteiger partial charge in [0.1, 0.15) is 11.4 Å². The van der Waals surface area contributed by atoms with Gasteiger partial charge in [0.05, 0.1) is 30.9 Å². The molecule has 1 heterocycles. The molecule has 0 unspecified atom stereocenters. The van der Waals surface area contributed by atoms with Crippen LogP contribution in [0.4, 0.5) is 5.69 Å². The number of benzene rings is 3. The summed E-state index contributed by atoms with van der Waals surface area (Å²) in [5.41, 5.74) is 3.88. The average molecular weight is 408 g/mol. The number of nitriles is 1. The smallest absolute Gasteiger partial charge is 0.259 e. The van der Waals surface area contributed by atoms with Gasteiger partial charge in [0.2, 0.25) is 0 Å². The minimum atomic E-state index is -0.299. The first-order chi connectivity index (χ1) is 15.2. The summed E-state index contributed by atoms with van der Waals surface area (Å²) in [5, 5.41) is 16.7. The van der Waals surface area contributed by atoms with Gasteiger partial charge < -0.3 is 10.1 Å². The molecule has 1 aromatic heterocycles. The van der Waals surface area contributed by atoms with Crippen molar-refractivity contribution in [1.29, 1.82) is 5.26 Å². The minimum absolute atomic E-state index is 0.299. The predicted octanol–water partition coefficient (Wildman–Crippen LogP) is 4.73. The summed E-state index contributed by atoms with van der Waals surface area (Å²) in [7, 11) is 1.60. The van der Waals surface area contributed by atoms with Crippen molar-refractivity contribution >= 4 is 11.6 Å². The fourth-order valence-electron chi connectivity index (χ4n) is 3.29. The van der Waals surface area contributed by atoms with Crippen LogP contribution in [-0.2, 0) is 6.54 Å². The van der Waals surface area contributed by atoms with Crippen molar-refractivity contribution in [2.45, 2.75) is 6.54 Å². The zero-order valence-corrected chi connectivity index (χ0v) is 16.9. The third-order valence-corrected chi connectivity index (χ3v) is 4.79. The number of ether oxygens (including phenoxy) is 1. The Kier molecular flexibility index (Phi) is 5.77. The SMILES string of the molecule is COc1cccc(-c2nn(Cc3ccccc3)cc2C(=O)Nc2cccc(C#N)c2)c1. The van der Waals surface area contributed by atoms with Gasteiger partial charge in [0.25, 0.3) is 5.91 Å². The zero-order valence-electron chi connectivity index (χ0n) is 16.9. The molecule has 152 valence electrons. The van der Waals surface area contributed by atoms with Gasteiger partial charge in [0.15, 0.2) is 0 Å². The molecule has 0 saturated carbocycles. The Bertz CT molecular complexity index is 1260. The third-order valence-electron chi connectivity index (χ3n) is 4.79. The number of methoxy groups -OCH3 is 1. The van der Waals surface area contributed by atoms with Crippen LogP contribution in [0.15, 0.2) is 85.1 Å². The van der Waals surface area contributed by atoms with E-state index in [1.807, 2.05) is 54.6 Å². The average Bonchev–Trinajstić information content (AvgIpc) is 3.24. The molecule has 1 N–H and O–H groups in total. The van der Waals surface area contributed by atoms with Crippen LogP contribution < -0.4 is 10.1 Å². The Morgan fingerprint density at radius 3 is 2.65 bits per heavy atom. The molecular formula is C25H20N4O2. The molecular weight excluding hydrogens is 388 g/mol. The van der Waals surface area contributed by atoms with E-state index in [1.54, 1.807) is 42.3 Å². The van der Waals surface area contributed by atoms with Crippen molar-refractivity contribution in [2.24, 2.45) is 0 Å². The van der Waals surface area contributed by atoms with Crippen LogP contribution in [0.5, 0.6) is 5.75 Å². The van der Waals surface area contributed by atoms with E-state index in [9.17, 15) is 4.79 Å². The summed E-state index contributed by atoms with van der Waals surface area (Å²) in [6.45, 7) is 0.537. The molecule has 3 aromatic carbocycles. The van der Waals surface area contributed by atoms with Gasteiger partial charge >= 0.3 is 0 Å². The van der Waals surface area contributed by atoms with Crippen LogP contribution in [0.25, 0.3) is 11.3 Å².